The number of carbonyl (C=O) groups is 2. The Labute approximate surface area is 191 Å². The van der Waals surface area contributed by atoms with Gasteiger partial charge in [0, 0.05) is 47.8 Å². The van der Waals surface area contributed by atoms with Gasteiger partial charge in [-0.25, -0.2) is 0 Å². The van der Waals surface area contributed by atoms with Gasteiger partial charge in [0.2, 0.25) is 0 Å². The normalized spacial score (nSPS) is 14.2. The average Bonchev–Trinajstić information content (AvgIpc) is 3.07. The molecule has 1 aliphatic heterocycles. The summed E-state index contributed by atoms with van der Waals surface area (Å²) in [6, 6.07) is 13.6. The summed E-state index contributed by atoms with van der Waals surface area (Å²) in [5.74, 6) is -0.143. The Hall–Kier alpha value is -3.12. The molecule has 0 spiro atoms. The number of fused-ring (bicyclic) bond motifs is 1. The van der Waals surface area contributed by atoms with Gasteiger partial charge in [0.15, 0.2) is 0 Å². The molecule has 0 aliphatic carbocycles. The molecule has 1 aliphatic rings. The van der Waals surface area contributed by atoms with Crippen LogP contribution in [0.4, 0.5) is 11.4 Å². The Morgan fingerprint density at radius 2 is 1.75 bits per heavy atom. The zero-order valence-electron chi connectivity index (χ0n) is 19.8. The molecule has 170 valence electrons. The van der Waals surface area contributed by atoms with Gasteiger partial charge in [0.05, 0.1) is 5.57 Å². The van der Waals surface area contributed by atoms with E-state index in [0.717, 1.165) is 55.1 Å². The van der Waals surface area contributed by atoms with E-state index in [-0.39, 0.29) is 11.8 Å². The summed E-state index contributed by atoms with van der Waals surface area (Å²) in [6.07, 6.45) is 1.83. The molecule has 0 saturated heterocycles. The van der Waals surface area contributed by atoms with Crippen LogP contribution in [0.3, 0.4) is 0 Å². The minimum absolute atomic E-state index is 0.0113. The Balaban J connectivity index is 1.91. The van der Waals surface area contributed by atoms with Crippen LogP contribution in [0.5, 0.6) is 0 Å². The summed E-state index contributed by atoms with van der Waals surface area (Å²) >= 11 is 0. The van der Waals surface area contributed by atoms with Crippen LogP contribution in [-0.4, -0.2) is 48.8 Å². The number of amides is 2. The lowest BCUT2D eigenvalue weighted by molar-refractivity contribution is -0.110. The molecule has 0 saturated carbocycles. The number of hydrogen-bond acceptors (Lipinski definition) is 4. The minimum atomic E-state index is -0.155. The fraction of sp³-hybridized carbons (Fsp3) is 0.385. The molecule has 2 N–H and O–H groups in total. The van der Waals surface area contributed by atoms with E-state index >= 15 is 0 Å². The molecule has 0 unspecified atom stereocenters. The smallest absolute Gasteiger partial charge is 0.258 e. The van der Waals surface area contributed by atoms with Crippen molar-refractivity contribution in [3.05, 3.63) is 64.9 Å². The quantitative estimate of drug-likeness (QED) is 0.556. The Kier molecular flexibility index (Phi) is 7.70. The van der Waals surface area contributed by atoms with E-state index in [0.29, 0.717) is 11.1 Å². The largest absolute Gasteiger partial charge is 0.358 e. The number of hydrogen-bond donors (Lipinski definition) is 2. The number of carbonyl (C=O) groups excluding carboxylic acids is 2. The van der Waals surface area contributed by atoms with Crippen LogP contribution >= 0.6 is 0 Å². The molecule has 0 bridgehead atoms. The Morgan fingerprint density at radius 3 is 2.41 bits per heavy atom. The third-order valence-electron chi connectivity index (χ3n) is 5.42. The van der Waals surface area contributed by atoms with Gasteiger partial charge in [-0.05, 0) is 69.8 Å². The van der Waals surface area contributed by atoms with Crippen molar-refractivity contribution >= 4 is 28.8 Å². The Morgan fingerprint density at radius 1 is 1.03 bits per heavy atom. The average molecular weight is 435 g/mol. The first kappa shape index (κ1) is 23.5. The molecule has 2 aromatic carbocycles. The third-order valence-corrected chi connectivity index (χ3v) is 5.42. The van der Waals surface area contributed by atoms with Crippen LogP contribution in [0.1, 0.15) is 55.1 Å². The number of nitrogens with one attached hydrogen (secondary N) is 2. The minimum Gasteiger partial charge on any atom is -0.358 e. The van der Waals surface area contributed by atoms with Crippen molar-refractivity contribution in [2.75, 3.05) is 37.8 Å². The second kappa shape index (κ2) is 10.5. The molecule has 2 amide bonds. The first-order valence-electron chi connectivity index (χ1n) is 11.3. The molecule has 32 heavy (non-hydrogen) atoms. The second-order valence-corrected chi connectivity index (χ2v) is 8.57. The predicted molar refractivity (Wildman–Crippen MR) is 132 cm³/mol. The maximum absolute atomic E-state index is 13.1. The van der Waals surface area contributed by atoms with Gasteiger partial charge in [-0.15, -0.1) is 0 Å². The van der Waals surface area contributed by atoms with Gasteiger partial charge < -0.3 is 20.4 Å². The van der Waals surface area contributed by atoms with E-state index in [1.807, 2.05) is 50.2 Å². The van der Waals surface area contributed by atoms with Crippen LogP contribution in [0.2, 0.25) is 0 Å². The monoisotopic (exact) mass is 434 g/mol. The standard InChI is InChI=1S/C26H34N4O2/c1-6-13-30(14-7-2)26(32)20-11-12-23-22(16-20)24(25(31)28-23)18(3)27-21-10-8-9-19(15-21)17-29(4)5/h8-12,15-16,27H,6-7,13-14,17H2,1-5H3,(H,28,31)/b24-18-. The summed E-state index contributed by atoms with van der Waals surface area (Å²) in [4.78, 5) is 29.9. The first-order valence-corrected chi connectivity index (χ1v) is 11.3. The zero-order chi connectivity index (χ0) is 23.3. The lowest BCUT2D eigenvalue weighted by atomic mass is 10.0. The molecule has 3 rings (SSSR count). The van der Waals surface area contributed by atoms with Crippen molar-refractivity contribution in [2.45, 2.75) is 40.2 Å². The van der Waals surface area contributed by atoms with Gasteiger partial charge in [-0.3, -0.25) is 9.59 Å². The summed E-state index contributed by atoms with van der Waals surface area (Å²) in [6.45, 7) is 8.35. The fourth-order valence-electron chi connectivity index (χ4n) is 4.10. The van der Waals surface area contributed by atoms with E-state index in [2.05, 4.69) is 41.5 Å². The number of rotatable bonds is 9. The van der Waals surface area contributed by atoms with Gasteiger partial charge in [0.1, 0.15) is 0 Å². The lowest BCUT2D eigenvalue weighted by Crippen LogP contribution is -2.32. The molecule has 0 atom stereocenters. The van der Waals surface area contributed by atoms with Crippen molar-refractivity contribution in [2.24, 2.45) is 0 Å². The predicted octanol–water partition coefficient (Wildman–Crippen LogP) is 4.81. The van der Waals surface area contributed by atoms with Crippen LogP contribution in [-0.2, 0) is 11.3 Å². The first-order chi connectivity index (χ1) is 15.3. The molecule has 2 aromatic rings. The molecule has 6 nitrogen and oxygen atoms in total. The maximum Gasteiger partial charge on any atom is 0.258 e. The van der Waals surface area contributed by atoms with Crippen molar-refractivity contribution in [3.63, 3.8) is 0 Å². The van der Waals surface area contributed by atoms with Gasteiger partial charge >= 0.3 is 0 Å². The van der Waals surface area contributed by atoms with Crippen LogP contribution < -0.4 is 10.6 Å². The molecule has 0 fully saturated rings. The third kappa shape index (κ3) is 5.37. The lowest BCUT2D eigenvalue weighted by Gasteiger charge is -2.21. The zero-order valence-corrected chi connectivity index (χ0v) is 19.8. The van der Waals surface area contributed by atoms with Gasteiger partial charge in [0.25, 0.3) is 11.8 Å². The fourth-order valence-corrected chi connectivity index (χ4v) is 4.10. The summed E-state index contributed by atoms with van der Waals surface area (Å²) < 4.78 is 0. The summed E-state index contributed by atoms with van der Waals surface area (Å²) in [5, 5.41) is 6.31. The van der Waals surface area contributed by atoms with E-state index in [1.165, 1.54) is 5.56 Å². The van der Waals surface area contributed by atoms with Crippen molar-refractivity contribution in [3.8, 4) is 0 Å². The number of nitrogens with zero attached hydrogens (tertiary/aromatic N) is 2. The summed E-state index contributed by atoms with van der Waals surface area (Å²) in [5.41, 5.74) is 5.57. The van der Waals surface area contributed by atoms with Crippen LogP contribution in [0, 0.1) is 0 Å². The SMILES string of the molecule is CCCN(CCC)C(=O)c1ccc2c(c1)/C(=C(\C)Nc1cccc(CN(C)C)c1)C(=O)N2. The van der Waals surface area contributed by atoms with Crippen LogP contribution in [0.25, 0.3) is 5.57 Å². The highest BCUT2D eigenvalue weighted by atomic mass is 16.2. The molecule has 0 radical (unpaired) electrons. The van der Waals surface area contributed by atoms with Crippen molar-refractivity contribution in [1.82, 2.24) is 9.80 Å². The molecule has 6 heteroatoms. The van der Waals surface area contributed by atoms with E-state index < -0.39 is 0 Å². The van der Waals surface area contributed by atoms with E-state index in [1.54, 1.807) is 6.07 Å². The van der Waals surface area contributed by atoms with Gasteiger partial charge in [-0.2, -0.15) is 0 Å². The molecule has 1 heterocycles. The summed E-state index contributed by atoms with van der Waals surface area (Å²) in [7, 11) is 4.07. The number of anilines is 2. The topological polar surface area (TPSA) is 64.7 Å². The molecular formula is C26H34N4O2. The highest BCUT2D eigenvalue weighted by molar-refractivity contribution is 6.32. The van der Waals surface area contributed by atoms with Gasteiger partial charge in [-0.1, -0.05) is 26.0 Å². The van der Waals surface area contributed by atoms with Crippen molar-refractivity contribution < 1.29 is 9.59 Å². The maximum atomic E-state index is 13.1. The molecular weight excluding hydrogens is 400 g/mol. The number of benzene rings is 2. The molecule has 0 aromatic heterocycles. The van der Waals surface area contributed by atoms with E-state index in [4.69, 9.17) is 0 Å². The highest BCUT2D eigenvalue weighted by Gasteiger charge is 2.28. The van der Waals surface area contributed by atoms with E-state index in [9.17, 15) is 9.59 Å². The van der Waals surface area contributed by atoms with Crippen LogP contribution in [0.15, 0.2) is 48.2 Å². The highest BCUT2D eigenvalue weighted by Crippen LogP contribution is 2.35. The Bertz CT molecular complexity index is 1020. The second-order valence-electron chi connectivity index (χ2n) is 8.57. The van der Waals surface area contributed by atoms with Crippen molar-refractivity contribution in [1.29, 1.82) is 0 Å². The number of allylic oxidation sites excluding steroid dienone is 1.